The van der Waals surface area contributed by atoms with Crippen molar-refractivity contribution in [1.82, 2.24) is 14.9 Å². The summed E-state index contributed by atoms with van der Waals surface area (Å²) in [5.41, 5.74) is 6.22. The Bertz CT molecular complexity index is 384. The van der Waals surface area contributed by atoms with Crippen LogP contribution in [0, 0.1) is 0 Å². The van der Waals surface area contributed by atoms with Crippen molar-refractivity contribution in [3.05, 3.63) is 11.5 Å². The number of hydrogen-bond acceptors (Lipinski definition) is 5. The van der Waals surface area contributed by atoms with Crippen LogP contribution in [-0.2, 0) is 0 Å². The zero-order valence-corrected chi connectivity index (χ0v) is 10.7. The summed E-state index contributed by atoms with van der Waals surface area (Å²) in [7, 11) is 2.15. The van der Waals surface area contributed by atoms with Gasteiger partial charge in [-0.3, -0.25) is 0 Å². The monoisotopic (exact) mass is 255 g/mol. The smallest absolute Gasteiger partial charge is 0.157 e. The number of nitrogen functional groups attached to an aromatic ring is 1. The summed E-state index contributed by atoms with van der Waals surface area (Å²) < 4.78 is 0. The fourth-order valence-electron chi connectivity index (χ4n) is 2.13. The van der Waals surface area contributed by atoms with Gasteiger partial charge in [0, 0.05) is 12.6 Å². The largest absolute Gasteiger partial charge is 0.393 e. The number of hydrogen-bond donors (Lipinski definition) is 2. The van der Waals surface area contributed by atoms with Crippen molar-refractivity contribution in [3.8, 4) is 0 Å². The number of piperidine rings is 1. The molecule has 94 valence electrons. The first-order valence-electron chi connectivity index (χ1n) is 5.88. The van der Waals surface area contributed by atoms with E-state index in [0.717, 1.165) is 13.1 Å². The van der Waals surface area contributed by atoms with E-state index in [0.29, 0.717) is 22.7 Å². The number of nitrogens with one attached hydrogen (secondary N) is 1. The second kappa shape index (κ2) is 5.51. The molecule has 1 aromatic heterocycles. The molecule has 1 aliphatic rings. The molecule has 0 saturated carbocycles. The standard InChI is InChI=1S/C11H18ClN5/c1-17-5-3-2-4-8(17)6-14-11-9(13)10(12)15-7-16-11/h7-8H,2-6,13H2,1H3,(H,14,15,16). The van der Waals surface area contributed by atoms with Gasteiger partial charge in [-0.25, -0.2) is 9.97 Å². The van der Waals surface area contributed by atoms with Crippen LogP contribution in [0.5, 0.6) is 0 Å². The number of likely N-dealkylation sites (N-methyl/N-ethyl adjacent to an activating group) is 1. The molecule has 0 aliphatic carbocycles. The van der Waals surface area contributed by atoms with Crippen molar-refractivity contribution < 1.29 is 0 Å². The van der Waals surface area contributed by atoms with Crippen LogP contribution in [-0.4, -0.2) is 41.0 Å². The minimum atomic E-state index is 0.305. The number of likely N-dealkylation sites (tertiary alicyclic amines) is 1. The van der Waals surface area contributed by atoms with E-state index in [1.165, 1.54) is 25.6 Å². The van der Waals surface area contributed by atoms with Crippen molar-refractivity contribution in [3.63, 3.8) is 0 Å². The number of halogens is 1. The van der Waals surface area contributed by atoms with Crippen molar-refractivity contribution in [1.29, 1.82) is 0 Å². The average molecular weight is 256 g/mol. The molecule has 0 aromatic carbocycles. The highest BCUT2D eigenvalue weighted by Gasteiger charge is 2.19. The lowest BCUT2D eigenvalue weighted by Gasteiger charge is -2.32. The third-order valence-electron chi connectivity index (χ3n) is 3.26. The molecule has 0 amide bonds. The van der Waals surface area contributed by atoms with Crippen LogP contribution in [0.15, 0.2) is 6.33 Å². The Labute approximate surface area is 106 Å². The summed E-state index contributed by atoms with van der Waals surface area (Å²) in [5, 5.41) is 3.56. The van der Waals surface area contributed by atoms with Crippen LogP contribution >= 0.6 is 11.6 Å². The Balaban J connectivity index is 1.95. The van der Waals surface area contributed by atoms with E-state index >= 15 is 0 Å². The predicted octanol–water partition coefficient (Wildman–Crippen LogP) is 1.61. The maximum atomic E-state index is 5.84. The normalized spacial score (nSPS) is 21.4. The first-order valence-corrected chi connectivity index (χ1v) is 6.26. The topological polar surface area (TPSA) is 67.1 Å². The zero-order valence-electron chi connectivity index (χ0n) is 9.99. The number of rotatable bonds is 3. The average Bonchev–Trinajstić information content (AvgIpc) is 2.33. The summed E-state index contributed by atoms with van der Waals surface area (Å²) in [6, 6.07) is 0.539. The number of anilines is 2. The van der Waals surface area contributed by atoms with Gasteiger partial charge in [0.05, 0.1) is 0 Å². The molecule has 1 aliphatic heterocycles. The van der Waals surface area contributed by atoms with Gasteiger partial charge in [0.25, 0.3) is 0 Å². The van der Waals surface area contributed by atoms with E-state index in [1.807, 2.05) is 0 Å². The molecule has 0 spiro atoms. The minimum absolute atomic E-state index is 0.305. The Morgan fingerprint density at radius 1 is 1.53 bits per heavy atom. The van der Waals surface area contributed by atoms with Crippen molar-refractivity contribution in [2.45, 2.75) is 25.3 Å². The highest BCUT2D eigenvalue weighted by atomic mass is 35.5. The van der Waals surface area contributed by atoms with Gasteiger partial charge in [-0.2, -0.15) is 0 Å². The van der Waals surface area contributed by atoms with E-state index in [9.17, 15) is 0 Å². The summed E-state index contributed by atoms with van der Waals surface area (Å²) in [5.74, 6) is 0.629. The molecule has 2 rings (SSSR count). The van der Waals surface area contributed by atoms with E-state index in [-0.39, 0.29) is 0 Å². The highest BCUT2D eigenvalue weighted by molar-refractivity contribution is 6.32. The molecule has 3 N–H and O–H groups in total. The van der Waals surface area contributed by atoms with Gasteiger partial charge in [-0.1, -0.05) is 18.0 Å². The van der Waals surface area contributed by atoms with Gasteiger partial charge in [-0.15, -0.1) is 0 Å². The van der Waals surface area contributed by atoms with Gasteiger partial charge in [-0.05, 0) is 26.4 Å². The first kappa shape index (κ1) is 12.4. The molecule has 2 heterocycles. The molecule has 1 fully saturated rings. The SMILES string of the molecule is CN1CCCCC1CNc1ncnc(Cl)c1N. The van der Waals surface area contributed by atoms with E-state index < -0.39 is 0 Å². The molecule has 1 aromatic rings. The predicted molar refractivity (Wildman–Crippen MR) is 70.2 cm³/mol. The van der Waals surface area contributed by atoms with Crippen LogP contribution in [0.3, 0.4) is 0 Å². The maximum Gasteiger partial charge on any atom is 0.157 e. The van der Waals surface area contributed by atoms with Gasteiger partial charge < -0.3 is 16.0 Å². The van der Waals surface area contributed by atoms with Crippen molar-refractivity contribution in [2.75, 3.05) is 31.2 Å². The Hall–Kier alpha value is -1.07. The third kappa shape index (κ3) is 2.98. The van der Waals surface area contributed by atoms with Crippen LogP contribution in [0.2, 0.25) is 5.15 Å². The van der Waals surface area contributed by atoms with E-state index in [4.69, 9.17) is 17.3 Å². The van der Waals surface area contributed by atoms with Crippen molar-refractivity contribution >= 4 is 23.1 Å². The summed E-state index contributed by atoms with van der Waals surface area (Å²) in [6.45, 7) is 2.00. The molecule has 1 unspecified atom stereocenters. The van der Waals surface area contributed by atoms with Gasteiger partial charge in [0.2, 0.25) is 0 Å². The number of aromatic nitrogens is 2. The summed E-state index contributed by atoms with van der Waals surface area (Å²) in [6.07, 6.45) is 5.21. The van der Waals surface area contributed by atoms with Crippen LogP contribution < -0.4 is 11.1 Å². The Morgan fingerprint density at radius 2 is 2.35 bits per heavy atom. The lowest BCUT2D eigenvalue weighted by Crippen LogP contribution is -2.40. The van der Waals surface area contributed by atoms with Crippen LogP contribution in [0.4, 0.5) is 11.5 Å². The molecule has 0 radical (unpaired) electrons. The van der Waals surface area contributed by atoms with Crippen LogP contribution in [0.1, 0.15) is 19.3 Å². The molecule has 5 nitrogen and oxygen atoms in total. The lowest BCUT2D eigenvalue weighted by molar-refractivity contribution is 0.194. The van der Waals surface area contributed by atoms with Gasteiger partial charge in [0.15, 0.2) is 11.0 Å². The number of nitrogens with zero attached hydrogens (tertiary/aromatic N) is 3. The summed E-state index contributed by atoms with van der Waals surface area (Å²) >= 11 is 5.84. The molecular weight excluding hydrogens is 238 g/mol. The molecular formula is C11H18ClN5. The fraction of sp³-hybridized carbons (Fsp3) is 0.636. The fourth-order valence-corrected chi connectivity index (χ4v) is 2.26. The zero-order chi connectivity index (χ0) is 12.3. The maximum absolute atomic E-state index is 5.84. The van der Waals surface area contributed by atoms with Crippen molar-refractivity contribution in [2.24, 2.45) is 0 Å². The molecule has 1 atom stereocenters. The first-order chi connectivity index (χ1) is 8.18. The van der Waals surface area contributed by atoms with Gasteiger partial charge >= 0.3 is 0 Å². The molecule has 17 heavy (non-hydrogen) atoms. The van der Waals surface area contributed by atoms with E-state index in [1.54, 1.807) is 0 Å². The Morgan fingerprint density at radius 3 is 3.12 bits per heavy atom. The number of nitrogens with two attached hydrogens (primary N) is 1. The van der Waals surface area contributed by atoms with Crippen LogP contribution in [0.25, 0.3) is 0 Å². The van der Waals surface area contributed by atoms with Gasteiger partial charge in [0.1, 0.15) is 12.0 Å². The highest BCUT2D eigenvalue weighted by Crippen LogP contribution is 2.22. The molecule has 6 heteroatoms. The third-order valence-corrected chi connectivity index (χ3v) is 3.56. The lowest BCUT2D eigenvalue weighted by atomic mass is 10.0. The second-order valence-corrected chi connectivity index (χ2v) is 4.80. The molecule has 0 bridgehead atoms. The van der Waals surface area contributed by atoms with E-state index in [2.05, 4.69) is 27.2 Å². The summed E-state index contributed by atoms with van der Waals surface area (Å²) in [4.78, 5) is 10.3. The Kier molecular flexibility index (Phi) is 4.02. The minimum Gasteiger partial charge on any atom is -0.393 e. The quantitative estimate of drug-likeness (QED) is 0.804. The second-order valence-electron chi connectivity index (χ2n) is 4.44. The molecule has 1 saturated heterocycles.